The molecule has 21 heavy (non-hydrogen) atoms. The first-order valence-electron chi connectivity index (χ1n) is 6.81. The second kappa shape index (κ2) is 6.18. The van der Waals surface area contributed by atoms with Crippen LogP contribution in [0.1, 0.15) is 23.1 Å². The molecular formula is C17H17BrO3. The molecule has 0 saturated carbocycles. The van der Waals surface area contributed by atoms with Crippen molar-refractivity contribution in [1.29, 1.82) is 0 Å². The van der Waals surface area contributed by atoms with E-state index in [0.29, 0.717) is 0 Å². The molecule has 0 aromatic heterocycles. The second-order valence-electron chi connectivity index (χ2n) is 5.00. The van der Waals surface area contributed by atoms with Crippen LogP contribution in [0.25, 0.3) is 0 Å². The first kappa shape index (κ1) is 14.6. The molecule has 1 heterocycles. The van der Waals surface area contributed by atoms with E-state index in [1.54, 1.807) is 14.2 Å². The van der Waals surface area contributed by atoms with E-state index < -0.39 is 0 Å². The van der Waals surface area contributed by atoms with Crippen LogP contribution in [-0.4, -0.2) is 20.5 Å². The van der Waals surface area contributed by atoms with Gasteiger partial charge < -0.3 is 14.2 Å². The average Bonchev–Trinajstić information content (AvgIpc) is 2.53. The van der Waals surface area contributed by atoms with E-state index in [1.807, 2.05) is 36.4 Å². The molecule has 3 atom stereocenters. The normalized spacial score (nSPS) is 24.2. The molecule has 0 bridgehead atoms. The number of benzene rings is 2. The van der Waals surface area contributed by atoms with Gasteiger partial charge in [-0.05, 0) is 23.8 Å². The Balaban J connectivity index is 2.09. The van der Waals surface area contributed by atoms with Crippen molar-refractivity contribution in [3.05, 3.63) is 64.1 Å². The Hall–Kier alpha value is -1.36. The van der Waals surface area contributed by atoms with Gasteiger partial charge in [0.05, 0.1) is 12.0 Å². The largest absolute Gasteiger partial charge is 0.464 e. The zero-order valence-electron chi connectivity index (χ0n) is 12.0. The van der Waals surface area contributed by atoms with Gasteiger partial charge >= 0.3 is 0 Å². The molecule has 2 aromatic rings. The summed E-state index contributed by atoms with van der Waals surface area (Å²) in [6.45, 7) is 0. The summed E-state index contributed by atoms with van der Waals surface area (Å²) >= 11 is 3.51. The molecule has 1 aliphatic heterocycles. The van der Waals surface area contributed by atoms with Crippen LogP contribution in [0.3, 0.4) is 0 Å². The number of rotatable bonds is 3. The number of hydrogen-bond acceptors (Lipinski definition) is 3. The molecule has 4 heteroatoms. The molecule has 0 radical (unpaired) electrons. The quantitative estimate of drug-likeness (QED) is 0.828. The summed E-state index contributed by atoms with van der Waals surface area (Å²) < 4.78 is 18.4. The summed E-state index contributed by atoms with van der Waals surface area (Å²) in [5.41, 5.74) is 2.18. The Morgan fingerprint density at radius 1 is 1.00 bits per heavy atom. The van der Waals surface area contributed by atoms with Gasteiger partial charge in [0.15, 0.2) is 0 Å². The van der Waals surface area contributed by atoms with Crippen LogP contribution in [0.15, 0.2) is 53.0 Å². The van der Waals surface area contributed by atoms with Crippen molar-refractivity contribution in [2.24, 2.45) is 0 Å². The third kappa shape index (κ3) is 2.71. The van der Waals surface area contributed by atoms with Gasteiger partial charge in [-0.1, -0.05) is 46.3 Å². The lowest BCUT2D eigenvalue weighted by Crippen LogP contribution is -2.36. The summed E-state index contributed by atoms with van der Waals surface area (Å²) in [6, 6.07) is 16.1. The topological polar surface area (TPSA) is 27.7 Å². The molecule has 0 aliphatic carbocycles. The lowest BCUT2D eigenvalue weighted by Gasteiger charge is -2.38. The highest BCUT2D eigenvalue weighted by Crippen LogP contribution is 2.46. The molecule has 3 rings (SSSR count). The lowest BCUT2D eigenvalue weighted by molar-refractivity contribution is -0.119. The number of ether oxygens (including phenoxy) is 3. The maximum atomic E-state index is 6.01. The first-order valence-corrected chi connectivity index (χ1v) is 7.60. The van der Waals surface area contributed by atoms with E-state index in [9.17, 15) is 0 Å². The number of hydrogen-bond donors (Lipinski definition) is 0. The summed E-state index contributed by atoms with van der Waals surface area (Å²) in [6.07, 6.45) is -0.482. The maximum absolute atomic E-state index is 6.01. The van der Waals surface area contributed by atoms with Gasteiger partial charge in [0.25, 0.3) is 0 Å². The maximum Gasteiger partial charge on any atom is 0.209 e. The lowest BCUT2D eigenvalue weighted by atomic mass is 9.86. The summed E-state index contributed by atoms with van der Waals surface area (Å²) in [4.78, 5) is 0. The predicted molar refractivity (Wildman–Crippen MR) is 84.5 cm³/mol. The van der Waals surface area contributed by atoms with Crippen molar-refractivity contribution in [3.8, 4) is 5.75 Å². The van der Waals surface area contributed by atoms with Crippen molar-refractivity contribution in [2.45, 2.75) is 18.3 Å². The predicted octanol–water partition coefficient (Wildman–Crippen LogP) is 4.29. The minimum absolute atomic E-state index is 0.0111. The highest BCUT2D eigenvalue weighted by atomic mass is 79.9. The van der Waals surface area contributed by atoms with E-state index in [4.69, 9.17) is 14.2 Å². The fourth-order valence-electron chi connectivity index (χ4n) is 2.86. The smallest absolute Gasteiger partial charge is 0.209 e. The number of halogens is 1. The van der Waals surface area contributed by atoms with E-state index in [1.165, 1.54) is 0 Å². The van der Waals surface area contributed by atoms with Crippen LogP contribution in [0.4, 0.5) is 0 Å². The fourth-order valence-corrected chi connectivity index (χ4v) is 3.24. The van der Waals surface area contributed by atoms with Crippen LogP contribution in [0.2, 0.25) is 0 Å². The molecule has 3 nitrogen and oxygen atoms in total. The molecule has 110 valence electrons. The van der Waals surface area contributed by atoms with Crippen LogP contribution >= 0.6 is 15.9 Å². The highest BCUT2D eigenvalue weighted by molar-refractivity contribution is 9.10. The zero-order chi connectivity index (χ0) is 14.8. The van der Waals surface area contributed by atoms with Crippen molar-refractivity contribution in [3.63, 3.8) is 0 Å². The third-order valence-electron chi connectivity index (χ3n) is 3.81. The van der Waals surface area contributed by atoms with Crippen molar-refractivity contribution in [1.82, 2.24) is 0 Å². The molecule has 0 fully saturated rings. The van der Waals surface area contributed by atoms with Crippen LogP contribution < -0.4 is 4.74 Å². The Labute approximate surface area is 133 Å². The fraction of sp³-hybridized carbons (Fsp3) is 0.294. The van der Waals surface area contributed by atoms with E-state index in [2.05, 4.69) is 28.1 Å². The summed E-state index contributed by atoms with van der Waals surface area (Å²) in [5.74, 6) is 0.798. The molecule has 0 unspecified atom stereocenters. The molecule has 0 spiro atoms. The van der Waals surface area contributed by atoms with Gasteiger partial charge in [0, 0.05) is 24.3 Å². The van der Waals surface area contributed by atoms with Crippen molar-refractivity contribution < 1.29 is 14.2 Å². The SMILES string of the molecule is CO[C@@H]1Oc2ccc(Br)cc2[C@@H](OC)[C@H]1c1ccccc1. The van der Waals surface area contributed by atoms with Crippen molar-refractivity contribution in [2.75, 3.05) is 14.2 Å². The zero-order valence-corrected chi connectivity index (χ0v) is 13.5. The minimum atomic E-state index is -0.369. The Bertz CT molecular complexity index is 615. The van der Waals surface area contributed by atoms with Crippen LogP contribution in [-0.2, 0) is 9.47 Å². The molecule has 0 saturated heterocycles. The molecular weight excluding hydrogens is 332 g/mol. The molecule has 0 amide bonds. The van der Waals surface area contributed by atoms with Crippen molar-refractivity contribution >= 4 is 15.9 Å². The van der Waals surface area contributed by atoms with Gasteiger partial charge in [0.1, 0.15) is 5.75 Å². The Kier molecular flexibility index (Phi) is 4.29. The minimum Gasteiger partial charge on any atom is -0.464 e. The van der Waals surface area contributed by atoms with Gasteiger partial charge in [-0.15, -0.1) is 0 Å². The van der Waals surface area contributed by atoms with E-state index >= 15 is 0 Å². The number of fused-ring (bicyclic) bond motifs is 1. The van der Waals surface area contributed by atoms with E-state index in [-0.39, 0.29) is 18.3 Å². The first-order chi connectivity index (χ1) is 10.2. The van der Waals surface area contributed by atoms with Crippen LogP contribution in [0.5, 0.6) is 5.75 Å². The van der Waals surface area contributed by atoms with E-state index in [0.717, 1.165) is 21.3 Å². The summed E-state index contributed by atoms with van der Waals surface area (Å²) in [7, 11) is 3.39. The third-order valence-corrected chi connectivity index (χ3v) is 4.30. The molecule has 0 N–H and O–H groups in total. The second-order valence-corrected chi connectivity index (χ2v) is 5.91. The summed E-state index contributed by atoms with van der Waals surface area (Å²) in [5, 5.41) is 0. The monoisotopic (exact) mass is 348 g/mol. The molecule has 1 aliphatic rings. The highest BCUT2D eigenvalue weighted by Gasteiger charge is 2.40. The van der Waals surface area contributed by atoms with Gasteiger partial charge in [0.2, 0.25) is 6.29 Å². The van der Waals surface area contributed by atoms with Gasteiger partial charge in [-0.2, -0.15) is 0 Å². The number of methoxy groups -OCH3 is 2. The molecule has 2 aromatic carbocycles. The Morgan fingerprint density at radius 2 is 1.76 bits per heavy atom. The average molecular weight is 349 g/mol. The standard InChI is InChI=1S/C17H17BrO3/c1-19-16-13-10-12(18)8-9-14(13)21-17(20-2)15(16)11-6-4-3-5-7-11/h3-10,15-17H,1-2H3/t15-,16-,17-/m1/s1. The van der Waals surface area contributed by atoms with Gasteiger partial charge in [-0.25, -0.2) is 0 Å². The Morgan fingerprint density at radius 3 is 2.43 bits per heavy atom. The van der Waals surface area contributed by atoms with Crippen LogP contribution in [0, 0.1) is 0 Å². The van der Waals surface area contributed by atoms with Gasteiger partial charge in [-0.3, -0.25) is 0 Å².